The van der Waals surface area contributed by atoms with Crippen molar-refractivity contribution in [3.8, 4) is 0 Å². The highest BCUT2D eigenvalue weighted by molar-refractivity contribution is 7.46. The maximum absolute atomic E-state index is 12.6. The van der Waals surface area contributed by atoms with Gasteiger partial charge < -0.3 is 20.2 Å². The second-order valence-corrected chi connectivity index (χ2v) is 20.2. The summed E-state index contributed by atoms with van der Waals surface area (Å²) in [4.78, 5) is 31.0. The molecule has 0 spiro atoms. The molecule has 364 valence electrons. The highest BCUT2D eigenvalue weighted by Crippen LogP contribution is 2.36. The van der Waals surface area contributed by atoms with Crippen molar-refractivity contribution in [2.45, 2.75) is 315 Å². The van der Waals surface area contributed by atoms with Crippen molar-refractivity contribution < 1.29 is 28.8 Å². The van der Waals surface area contributed by atoms with Gasteiger partial charge in [-0.15, -0.1) is 0 Å². The first-order chi connectivity index (χ1) is 29.8. The predicted molar refractivity (Wildman–Crippen MR) is 264 cm³/mol. The number of hydrogen-bond acceptors (Lipinski definition) is 4. The predicted octanol–water partition coefficient (Wildman–Crippen LogP) is 17.1. The van der Waals surface area contributed by atoms with Gasteiger partial charge in [0.25, 0.3) is 0 Å². The summed E-state index contributed by atoms with van der Waals surface area (Å²) in [7, 11) is -4.71. The van der Waals surface area contributed by atoms with E-state index in [1.807, 2.05) is 6.08 Å². The van der Waals surface area contributed by atoms with Crippen LogP contribution in [0.3, 0.4) is 0 Å². The quantitative estimate of drug-likeness (QED) is 0.0275. The van der Waals surface area contributed by atoms with Crippen molar-refractivity contribution in [2.75, 3.05) is 6.61 Å². The highest BCUT2D eigenvalue weighted by atomic mass is 31.2. The Kier molecular flexibility index (Phi) is 48.2. The Hall–Kier alpha value is -0.720. The number of allylic oxidation sites excluding steroid dienone is 1. The fourth-order valence-electron chi connectivity index (χ4n) is 8.64. The Morgan fingerprint density at radius 1 is 0.459 bits per heavy atom. The lowest BCUT2D eigenvalue weighted by molar-refractivity contribution is -0.123. The van der Waals surface area contributed by atoms with Gasteiger partial charge in [-0.05, 0) is 19.3 Å². The van der Waals surface area contributed by atoms with Crippen molar-refractivity contribution in [3.05, 3.63) is 12.2 Å². The van der Waals surface area contributed by atoms with Crippen LogP contribution in [-0.4, -0.2) is 39.6 Å². The van der Waals surface area contributed by atoms with Gasteiger partial charge >= 0.3 is 7.82 Å². The van der Waals surface area contributed by atoms with E-state index in [0.29, 0.717) is 6.42 Å². The van der Waals surface area contributed by atoms with Crippen LogP contribution < -0.4 is 5.32 Å². The Morgan fingerprint density at radius 3 is 1.00 bits per heavy atom. The van der Waals surface area contributed by atoms with Crippen LogP contribution in [0.5, 0.6) is 0 Å². The topological polar surface area (TPSA) is 116 Å². The van der Waals surface area contributed by atoms with Crippen molar-refractivity contribution in [2.24, 2.45) is 0 Å². The number of nitrogens with one attached hydrogen (secondary N) is 1. The van der Waals surface area contributed by atoms with Crippen LogP contribution in [-0.2, 0) is 13.9 Å². The summed E-state index contributed by atoms with van der Waals surface area (Å²) in [5.41, 5.74) is 0. The van der Waals surface area contributed by atoms with E-state index in [1.165, 1.54) is 244 Å². The van der Waals surface area contributed by atoms with Gasteiger partial charge in [0.05, 0.1) is 18.8 Å². The van der Waals surface area contributed by atoms with Gasteiger partial charge in [-0.3, -0.25) is 9.32 Å². The molecule has 0 unspecified atom stereocenters. The number of rotatable bonds is 51. The summed E-state index contributed by atoms with van der Waals surface area (Å²) < 4.78 is 15.9. The first kappa shape index (κ1) is 60.3. The lowest BCUT2D eigenvalue weighted by Crippen LogP contribution is -2.45. The standard InChI is InChI=1S/C53H106NO6P/c1-3-5-7-9-11-13-15-16-17-18-19-20-21-22-23-24-25-26-27-28-29-30-31-32-33-34-35-36-37-39-41-43-45-47-49-53(56)54-51(50-60-61(57,58)59)52(55)48-46-44-42-40-38-14-12-10-8-6-4-2/h46,48,51-52,55H,3-45,47,49-50H2,1-2H3,(H,54,56)(H2,57,58,59)/b48-46+/t51-,52+/m0/s1. The molecule has 0 bridgehead atoms. The zero-order valence-corrected chi connectivity index (χ0v) is 41.7. The molecule has 0 heterocycles. The fraction of sp³-hybridized carbons (Fsp3) is 0.943. The maximum atomic E-state index is 12.6. The summed E-state index contributed by atoms with van der Waals surface area (Å²) in [6.07, 6.45) is 61.6. The third-order valence-corrected chi connectivity index (χ3v) is 13.2. The van der Waals surface area contributed by atoms with E-state index in [2.05, 4.69) is 23.7 Å². The number of carbonyl (C=O) groups excluding carboxylic acids is 1. The number of phosphoric ester groups is 1. The normalized spacial score (nSPS) is 13.1. The van der Waals surface area contributed by atoms with Gasteiger partial charge in [0.15, 0.2) is 0 Å². The summed E-state index contributed by atoms with van der Waals surface area (Å²) in [6.45, 7) is 4.09. The lowest BCUT2D eigenvalue weighted by atomic mass is 10.0. The monoisotopic (exact) mass is 884 g/mol. The fourth-order valence-corrected chi connectivity index (χ4v) is 9.00. The molecule has 7 nitrogen and oxygen atoms in total. The van der Waals surface area contributed by atoms with Gasteiger partial charge in [0.2, 0.25) is 5.91 Å². The largest absolute Gasteiger partial charge is 0.469 e. The number of phosphoric acid groups is 1. The molecule has 0 rings (SSSR count). The van der Waals surface area contributed by atoms with Crippen LogP contribution in [0.4, 0.5) is 0 Å². The molecule has 0 radical (unpaired) electrons. The molecule has 0 aliphatic carbocycles. The number of hydrogen-bond donors (Lipinski definition) is 4. The van der Waals surface area contributed by atoms with Crippen molar-refractivity contribution in [1.82, 2.24) is 5.32 Å². The smallest absolute Gasteiger partial charge is 0.387 e. The van der Waals surface area contributed by atoms with E-state index < -0.39 is 26.6 Å². The zero-order valence-electron chi connectivity index (χ0n) is 40.8. The second kappa shape index (κ2) is 48.7. The van der Waals surface area contributed by atoms with E-state index in [9.17, 15) is 14.5 Å². The van der Waals surface area contributed by atoms with Crippen LogP contribution in [0.2, 0.25) is 0 Å². The summed E-state index contributed by atoms with van der Waals surface area (Å²) in [5, 5.41) is 13.4. The van der Waals surface area contributed by atoms with Crippen LogP contribution in [0.1, 0.15) is 303 Å². The SMILES string of the molecule is CCCCCCCCCCC/C=C/[C@@H](O)[C@H](COP(=O)(O)O)NC(=O)CCCCCCCCCCCCCCCCCCCCCCCCCCCCCCCCCCCC. The highest BCUT2D eigenvalue weighted by Gasteiger charge is 2.24. The maximum Gasteiger partial charge on any atom is 0.469 e. The molecule has 0 aromatic carbocycles. The van der Waals surface area contributed by atoms with Gasteiger partial charge in [-0.2, -0.15) is 0 Å². The number of aliphatic hydroxyl groups excluding tert-OH is 1. The number of aliphatic hydroxyl groups is 1. The average molecular weight is 884 g/mol. The van der Waals surface area contributed by atoms with Crippen LogP contribution in [0.25, 0.3) is 0 Å². The molecule has 0 aliphatic rings. The minimum atomic E-state index is -4.71. The third kappa shape index (κ3) is 50.1. The Balaban J connectivity index is 3.59. The first-order valence-corrected chi connectivity index (χ1v) is 28.7. The molecule has 0 fully saturated rings. The molecule has 61 heavy (non-hydrogen) atoms. The lowest BCUT2D eigenvalue weighted by Gasteiger charge is -2.22. The molecule has 0 saturated carbocycles. The van der Waals surface area contributed by atoms with E-state index in [1.54, 1.807) is 6.08 Å². The van der Waals surface area contributed by atoms with Gasteiger partial charge in [0.1, 0.15) is 0 Å². The van der Waals surface area contributed by atoms with E-state index >= 15 is 0 Å². The number of amides is 1. The average Bonchev–Trinajstić information content (AvgIpc) is 3.24. The number of unbranched alkanes of at least 4 members (excludes halogenated alkanes) is 42. The summed E-state index contributed by atoms with van der Waals surface area (Å²) in [6, 6.07) is -0.905. The minimum absolute atomic E-state index is 0.221. The molecular weight excluding hydrogens is 778 g/mol. The van der Waals surface area contributed by atoms with Gasteiger partial charge in [0, 0.05) is 6.42 Å². The molecule has 1 amide bonds. The van der Waals surface area contributed by atoms with Gasteiger partial charge in [-0.1, -0.05) is 289 Å². The molecular formula is C53H106NO6P. The minimum Gasteiger partial charge on any atom is -0.387 e. The third-order valence-electron chi connectivity index (χ3n) is 12.7. The molecule has 0 aromatic heterocycles. The molecule has 4 N–H and O–H groups in total. The second-order valence-electron chi connectivity index (χ2n) is 18.9. The van der Waals surface area contributed by atoms with Crippen LogP contribution in [0, 0.1) is 0 Å². The van der Waals surface area contributed by atoms with Crippen molar-refractivity contribution in [1.29, 1.82) is 0 Å². The summed E-state index contributed by atoms with van der Waals surface area (Å²) in [5.74, 6) is -0.221. The Labute approximate surface area is 380 Å². The molecule has 0 saturated heterocycles. The summed E-state index contributed by atoms with van der Waals surface area (Å²) >= 11 is 0. The first-order valence-electron chi connectivity index (χ1n) is 27.1. The molecule has 2 atom stereocenters. The van der Waals surface area contributed by atoms with Crippen molar-refractivity contribution >= 4 is 13.7 Å². The van der Waals surface area contributed by atoms with E-state index in [0.717, 1.165) is 38.5 Å². The number of carbonyl (C=O) groups is 1. The van der Waals surface area contributed by atoms with Crippen LogP contribution in [0.15, 0.2) is 12.2 Å². The Bertz CT molecular complexity index is 957. The molecule has 0 aromatic rings. The Morgan fingerprint density at radius 2 is 0.721 bits per heavy atom. The van der Waals surface area contributed by atoms with Crippen molar-refractivity contribution in [3.63, 3.8) is 0 Å². The zero-order chi connectivity index (χ0) is 44.6. The molecule has 0 aliphatic heterocycles. The van der Waals surface area contributed by atoms with Gasteiger partial charge in [-0.25, -0.2) is 4.57 Å². The van der Waals surface area contributed by atoms with Crippen LogP contribution >= 0.6 is 7.82 Å². The van der Waals surface area contributed by atoms with E-state index in [4.69, 9.17) is 9.79 Å². The molecule has 8 heteroatoms. The van der Waals surface area contributed by atoms with E-state index in [-0.39, 0.29) is 5.91 Å².